The molecular formula is C58H72ClO5P. The fraction of sp³-hybridized carbons (Fsp3) is 0.328. The fourth-order valence-electron chi connectivity index (χ4n) is 8.49. The number of carbonyl (C=O) groups is 3. The summed E-state index contributed by atoms with van der Waals surface area (Å²) in [5.41, 5.74) is 10.0. The van der Waals surface area contributed by atoms with E-state index in [0.29, 0.717) is 6.29 Å². The molecule has 0 bridgehead atoms. The second-order valence-corrected chi connectivity index (χ2v) is 21.9. The van der Waals surface area contributed by atoms with Gasteiger partial charge < -0.3 is 22.6 Å². The summed E-state index contributed by atoms with van der Waals surface area (Å²) in [5, 5.41) is 20.9. The number of carbonyl (C=O) groups excluding carboxylic acids is 1. The summed E-state index contributed by atoms with van der Waals surface area (Å²) in [4.78, 5) is 30.0. The van der Waals surface area contributed by atoms with Crippen LogP contribution >= 0.6 is 7.26 Å². The zero-order chi connectivity index (χ0) is 47.3. The van der Waals surface area contributed by atoms with Gasteiger partial charge in [0.15, 0.2) is 0 Å². The monoisotopic (exact) mass is 914 g/mol. The molecule has 7 heteroatoms. The minimum absolute atomic E-state index is 0. The van der Waals surface area contributed by atoms with Gasteiger partial charge in [-0.05, 0) is 156 Å². The number of benzene rings is 3. The van der Waals surface area contributed by atoms with Gasteiger partial charge in [0.1, 0.15) is 29.5 Å². The van der Waals surface area contributed by atoms with E-state index in [1.165, 1.54) is 89.7 Å². The predicted octanol–water partition coefficient (Wildman–Crippen LogP) is 10.8. The van der Waals surface area contributed by atoms with E-state index in [1.807, 2.05) is 12.2 Å². The zero-order valence-corrected chi connectivity index (χ0v) is 42.1. The Morgan fingerprint density at radius 2 is 0.969 bits per heavy atom. The highest BCUT2D eigenvalue weighted by Gasteiger charge is 2.44. The lowest BCUT2D eigenvalue weighted by Crippen LogP contribution is -3.00. The van der Waals surface area contributed by atoms with Gasteiger partial charge >= 0.3 is 11.9 Å². The van der Waals surface area contributed by atoms with Crippen LogP contribution in [0, 0.1) is 10.8 Å². The Balaban J connectivity index is 0.000000402. The minimum Gasteiger partial charge on any atom is -1.00 e. The second kappa shape index (κ2) is 27.2. The van der Waals surface area contributed by atoms with E-state index in [0.717, 1.165) is 23.4 Å². The van der Waals surface area contributed by atoms with E-state index >= 15 is 0 Å². The number of hydrogen-bond donors (Lipinski definition) is 2. The van der Waals surface area contributed by atoms with Crippen LogP contribution in [0.25, 0.3) is 0 Å². The Labute approximate surface area is 397 Å². The van der Waals surface area contributed by atoms with Crippen LogP contribution in [0.2, 0.25) is 0 Å². The van der Waals surface area contributed by atoms with Crippen LogP contribution < -0.4 is 28.3 Å². The van der Waals surface area contributed by atoms with Crippen molar-refractivity contribution < 1.29 is 37.0 Å². The van der Waals surface area contributed by atoms with Crippen molar-refractivity contribution in [1.82, 2.24) is 0 Å². The van der Waals surface area contributed by atoms with Crippen molar-refractivity contribution in [2.75, 3.05) is 6.16 Å². The normalized spacial score (nSPS) is 17.0. The van der Waals surface area contributed by atoms with Gasteiger partial charge in [0, 0.05) is 12.2 Å². The number of carboxylic acids is 2. The van der Waals surface area contributed by atoms with E-state index < -0.39 is 19.2 Å². The average molecular weight is 916 g/mol. The van der Waals surface area contributed by atoms with Gasteiger partial charge in [-0.3, -0.25) is 4.79 Å². The van der Waals surface area contributed by atoms with E-state index in [9.17, 15) is 14.4 Å². The van der Waals surface area contributed by atoms with Gasteiger partial charge in [-0.25, -0.2) is 9.59 Å². The third-order valence-electron chi connectivity index (χ3n) is 12.0. The summed E-state index contributed by atoms with van der Waals surface area (Å²) in [6, 6.07) is 33.4. The molecule has 3 aromatic rings. The Kier molecular flexibility index (Phi) is 23.3. The van der Waals surface area contributed by atoms with E-state index in [4.69, 9.17) is 10.2 Å². The standard InChI is InChI=1S/C33H38P.C20H28O2.C5H6O3.ClH/c1-27(22-23-32-28(2)15-14-25-33(32,3)4)24-26-34(29-16-8-5-9-17-29,30-18-10-6-11-19-30)31-20-12-7-13-21-31;1-15(8-6-9-16(2)14-19(21)22)11-12-18-17(3)10-7-13-20(18,4)5;1-4(3-6)2-5(7)8;/h5-13,16-24H,14-15,25-26H2,1-4H3;6,8-9,11-12,14H,7,10,13H2,1-5H3,(H,21,22);2-3H,1H3,(H,7,8);1H/q+1;;;/p-1/b23-22+,27-24+;9-6+,12-11+,15-8+,16-14+;4-2+;. The molecule has 0 spiro atoms. The highest BCUT2D eigenvalue weighted by atomic mass is 35.5. The number of carboxylic acid groups (broad SMARTS) is 2. The van der Waals surface area contributed by atoms with E-state index in [2.05, 4.69) is 177 Å². The van der Waals surface area contributed by atoms with Crippen LogP contribution in [0.4, 0.5) is 0 Å². The van der Waals surface area contributed by atoms with Gasteiger partial charge in [-0.1, -0.05) is 147 Å². The maximum absolute atomic E-state index is 10.5. The van der Waals surface area contributed by atoms with Crippen LogP contribution in [0.5, 0.6) is 0 Å². The van der Waals surface area contributed by atoms with Crippen LogP contribution in [0.15, 0.2) is 196 Å². The van der Waals surface area contributed by atoms with E-state index in [-0.39, 0.29) is 28.8 Å². The van der Waals surface area contributed by atoms with E-state index in [1.54, 1.807) is 18.6 Å². The maximum atomic E-state index is 10.5. The molecule has 0 amide bonds. The number of aliphatic carboxylic acids is 2. The quantitative estimate of drug-likeness (QED) is 0.0728. The molecular weight excluding hydrogens is 843 g/mol. The Morgan fingerprint density at radius 3 is 1.32 bits per heavy atom. The first kappa shape index (κ1) is 55.8. The summed E-state index contributed by atoms with van der Waals surface area (Å²) >= 11 is 0. The molecule has 65 heavy (non-hydrogen) atoms. The summed E-state index contributed by atoms with van der Waals surface area (Å²) in [5.74, 6) is -2.00. The smallest absolute Gasteiger partial charge is 0.328 e. The van der Waals surface area contributed by atoms with Gasteiger partial charge in [-0.15, -0.1) is 0 Å². The SMILES string of the molecule is C/C(C=O)=C\C(=O)O.CC1=C(/C=C/C(C)=C/C=C/C(C)=C/C(=O)O)C(C)(C)CCC1.CC1=C(/C=C/C(C)=C/C[P+](c2ccccc2)(c2ccccc2)c2ccccc2)C(C)(C)CCC1.[Cl-]. The largest absolute Gasteiger partial charge is 1.00 e. The van der Waals surface area contributed by atoms with Crippen LogP contribution in [0.1, 0.15) is 108 Å². The molecule has 3 aromatic carbocycles. The van der Waals surface area contributed by atoms with Crippen molar-refractivity contribution in [2.45, 2.75) is 108 Å². The lowest BCUT2D eigenvalue weighted by molar-refractivity contribution is -0.132. The number of hydrogen-bond acceptors (Lipinski definition) is 3. The number of aldehydes is 1. The summed E-state index contributed by atoms with van der Waals surface area (Å²) in [6.45, 7) is 21.5. The lowest BCUT2D eigenvalue weighted by atomic mass is 9.72. The number of rotatable bonds is 14. The van der Waals surface area contributed by atoms with Gasteiger partial charge in [0.25, 0.3) is 0 Å². The highest BCUT2D eigenvalue weighted by Crippen LogP contribution is 2.55. The van der Waals surface area contributed by atoms with Crippen molar-refractivity contribution >= 4 is 41.4 Å². The number of allylic oxidation sites excluding steroid dienone is 16. The molecule has 5 rings (SSSR count). The molecule has 2 aliphatic rings. The van der Waals surface area contributed by atoms with Crippen LogP contribution in [-0.2, 0) is 14.4 Å². The van der Waals surface area contributed by atoms with Gasteiger partial charge in [-0.2, -0.15) is 0 Å². The molecule has 5 nitrogen and oxygen atoms in total. The molecule has 0 atom stereocenters. The van der Waals surface area contributed by atoms with Crippen LogP contribution in [-0.4, -0.2) is 34.6 Å². The zero-order valence-electron chi connectivity index (χ0n) is 40.4. The van der Waals surface area contributed by atoms with Crippen molar-refractivity contribution in [1.29, 1.82) is 0 Å². The first-order valence-corrected chi connectivity index (χ1v) is 24.4. The second-order valence-electron chi connectivity index (χ2n) is 18.3. The molecule has 2 aliphatic carbocycles. The van der Waals surface area contributed by atoms with Crippen molar-refractivity contribution in [3.8, 4) is 0 Å². The summed E-state index contributed by atoms with van der Waals surface area (Å²) in [6.07, 6.45) is 28.4. The molecule has 2 N–H and O–H groups in total. The summed E-state index contributed by atoms with van der Waals surface area (Å²) in [7, 11) is -1.82. The third kappa shape index (κ3) is 17.9. The third-order valence-corrected chi connectivity index (χ3v) is 16.3. The molecule has 346 valence electrons. The van der Waals surface area contributed by atoms with Gasteiger partial charge in [0.2, 0.25) is 0 Å². The first-order valence-electron chi connectivity index (χ1n) is 22.4. The molecule has 0 saturated heterocycles. The fourth-order valence-corrected chi connectivity index (χ4v) is 12.6. The molecule has 0 fully saturated rings. The minimum atomic E-state index is -1.82. The van der Waals surface area contributed by atoms with Crippen LogP contribution in [0.3, 0.4) is 0 Å². The highest BCUT2D eigenvalue weighted by molar-refractivity contribution is 7.95. The maximum Gasteiger partial charge on any atom is 0.328 e. The predicted molar refractivity (Wildman–Crippen MR) is 274 cm³/mol. The number of halogens is 1. The first-order chi connectivity index (χ1) is 30.3. The molecule has 0 heterocycles. The van der Waals surface area contributed by atoms with Crippen molar-refractivity contribution in [3.05, 3.63) is 196 Å². The summed E-state index contributed by atoms with van der Waals surface area (Å²) < 4.78 is 0. The Morgan fingerprint density at radius 1 is 0.585 bits per heavy atom. The molecule has 0 saturated carbocycles. The van der Waals surface area contributed by atoms with Gasteiger partial charge in [0.05, 0.1) is 6.16 Å². The molecule has 0 radical (unpaired) electrons. The van der Waals surface area contributed by atoms with Crippen molar-refractivity contribution in [2.24, 2.45) is 10.8 Å². The lowest BCUT2D eigenvalue weighted by Gasteiger charge is -2.33. The Bertz CT molecular complexity index is 2220. The van der Waals surface area contributed by atoms with Crippen molar-refractivity contribution in [3.63, 3.8) is 0 Å². The molecule has 0 aliphatic heterocycles. The topological polar surface area (TPSA) is 91.7 Å². The molecule has 0 aromatic heterocycles. The molecule has 0 unspecified atom stereocenters. The average Bonchev–Trinajstić information content (AvgIpc) is 3.24. The Hall–Kier alpha value is -5.35.